The molecule has 0 saturated heterocycles. The minimum atomic E-state index is -1.67. The van der Waals surface area contributed by atoms with Crippen molar-refractivity contribution in [1.82, 2.24) is 0 Å². The Morgan fingerprint density at radius 1 is 1.17 bits per heavy atom. The van der Waals surface area contributed by atoms with Gasteiger partial charge in [-0.1, -0.05) is 19.1 Å². The van der Waals surface area contributed by atoms with Crippen LogP contribution in [0.5, 0.6) is 11.5 Å². The normalized spacial score (nSPS) is 23.1. The molecule has 1 aliphatic rings. The monoisotopic (exact) mass is 312 g/mol. The lowest BCUT2D eigenvalue weighted by Crippen LogP contribution is -2.46. The molecule has 0 unspecified atom stereocenters. The summed E-state index contributed by atoms with van der Waals surface area (Å²) in [4.78, 5) is 12.5. The molecule has 2 aromatic carbocycles. The molecule has 0 aromatic heterocycles. The van der Waals surface area contributed by atoms with Crippen molar-refractivity contribution < 1.29 is 19.4 Å². The average molecular weight is 312 g/mol. The van der Waals surface area contributed by atoms with Crippen LogP contribution in [0.2, 0.25) is 0 Å². The van der Waals surface area contributed by atoms with Gasteiger partial charge < -0.3 is 14.6 Å². The molecule has 0 amide bonds. The number of ether oxygens (including phenoxy) is 2. The van der Waals surface area contributed by atoms with Crippen LogP contribution in [-0.4, -0.2) is 17.5 Å². The van der Waals surface area contributed by atoms with Crippen molar-refractivity contribution in [2.75, 3.05) is 6.61 Å². The standard InChI is InChI=1S/C19H20O4/c1-3-12-22-15-10-8-14(9-11-15)19(21)13(2)18(20)16-6-4-5-7-17(16)23-19/h4-11,13,21H,3,12H2,1-2H3/t13-,19-/m1/s1. The van der Waals surface area contributed by atoms with Crippen LogP contribution in [0.4, 0.5) is 0 Å². The second-order valence-electron chi connectivity index (χ2n) is 5.75. The number of ketones is 1. The highest BCUT2D eigenvalue weighted by molar-refractivity contribution is 6.01. The fraction of sp³-hybridized carbons (Fsp3) is 0.316. The van der Waals surface area contributed by atoms with Crippen molar-refractivity contribution >= 4 is 5.78 Å². The van der Waals surface area contributed by atoms with E-state index in [4.69, 9.17) is 9.47 Å². The Kier molecular flexibility index (Phi) is 4.09. The molecule has 1 N–H and O–H groups in total. The van der Waals surface area contributed by atoms with Gasteiger partial charge in [0.1, 0.15) is 11.5 Å². The Bertz CT molecular complexity index is 708. The van der Waals surface area contributed by atoms with E-state index in [1.807, 2.05) is 6.92 Å². The van der Waals surface area contributed by atoms with E-state index in [1.54, 1.807) is 55.5 Å². The number of fused-ring (bicyclic) bond motifs is 1. The van der Waals surface area contributed by atoms with Crippen molar-refractivity contribution in [2.45, 2.75) is 26.1 Å². The summed E-state index contributed by atoms with van der Waals surface area (Å²) in [5.41, 5.74) is 1.05. The summed E-state index contributed by atoms with van der Waals surface area (Å²) in [5.74, 6) is -1.35. The van der Waals surface area contributed by atoms with Crippen LogP contribution < -0.4 is 9.47 Å². The Labute approximate surface area is 135 Å². The van der Waals surface area contributed by atoms with E-state index in [0.717, 1.165) is 12.2 Å². The number of para-hydroxylation sites is 1. The van der Waals surface area contributed by atoms with Gasteiger partial charge in [0.2, 0.25) is 5.79 Å². The molecule has 0 radical (unpaired) electrons. The number of benzene rings is 2. The number of rotatable bonds is 4. The number of hydrogen-bond donors (Lipinski definition) is 1. The number of carbonyl (C=O) groups is 1. The predicted octanol–water partition coefficient (Wildman–Crippen LogP) is 3.53. The first-order chi connectivity index (χ1) is 11.1. The van der Waals surface area contributed by atoms with Crippen LogP contribution in [0.3, 0.4) is 0 Å². The van der Waals surface area contributed by atoms with Gasteiger partial charge in [-0.15, -0.1) is 0 Å². The second-order valence-corrected chi connectivity index (χ2v) is 5.75. The number of Topliss-reactive ketones (excluding diaryl/α,β-unsaturated/α-hetero) is 1. The molecule has 0 saturated carbocycles. The predicted molar refractivity (Wildman–Crippen MR) is 86.7 cm³/mol. The first-order valence-corrected chi connectivity index (χ1v) is 7.84. The quantitative estimate of drug-likeness (QED) is 0.938. The summed E-state index contributed by atoms with van der Waals surface area (Å²) in [6.45, 7) is 4.36. The molecule has 1 heterocycles. The molecule has 0 fully saturated rings. The lowest BCUT2D eigenvalue weighted by Gasteiger charge is -2.38. The van der Waals surface area contributed by atoms with Gasteiger partial charge in [0.15, 0.2) is 5.78 Å². The van der Waals surface area contributed by atoms with Gasteiger partial charge in [-0.05, 0) is 49.7 Å². The van der Waals surface area contributed by atoms with Gasteiger partial charge in [-0.2, -0.15) is 0 Å². The summed E-state index contributed by atoms with van der Waals surface area (Å²) in [5, 5.41) is 11.0. The molecule has 120 valence electrons. The molecule has 3 rings (SSSR count). The smallest absolute Gasteiger partial charge is 0.244 e. The highest BCUT2D eigenvalue weighted by atomic mass is 16.6. The highest BCUT2D eigenvalue weighted by Crippen LogP contribution is 2.41. The van der Waals surface area contributed by atoms with Crippen molar-refractivity contribution in [2.24, 2.45) is 5.92 Å². The molecule has 1 aliphatic heterocycles. The fourth-order valence-electron chi connectivity index (χ4n) is 2.74. The van der Waals surface area contributed by atoms with Crippen molar-refractivity contribution in [3.63, 3.8) is 0 Å². The number of aliphatic hydroxyl groups is 1. The molecular weight excluding hydrogens is 292 g/mol. The van der Waals surface area contributed by atoms with Crippen molar-refractivity contribution in [3.05, 3.63) is 59.7 Å². The molecule has 23 heavy (non-hydrogen) atoms. The third kappa shape index (κ3) is 2.70. The summed E-state index contributed by atoms with van der Waals surface area (Å²) in [7, 11) is 0. The Morgan fingerprint density at radius 2 is 1.87 bits per heavy atom. The molecule has 2 atom stereocenters. The molecule has 0 aliphatic carbocycles. The van der Waals surface area contributed by atoms with Gasteiger partial charge in [-0.3, -0.25) is 4.79 Å². The number of hydrogen-bond acceptors (Lipinski definition) is 4. The Balaban J connectivity index is 1.93. The SMILES string of the molecule is CCCOc1ccc([C@]2(O)Oc3ccccc3C(=O)[C@H]2C)cc1. The van der Waals surface area contributed by atoms with Gasteiger partial charge in [-0.25, -0.2) is 0 Å². The minimum absolute atomic E-state index is 0.124. The zero-order valence-electron chi connectivity index (χ0n) is 13.3. The Morgan fingerprint density at radius 3 is 2.57 bits per heavy atom. The third-order valence-electron chi connectivity index (χ3n) is 4.14. The average Bonchev–Trinajstić information content (AvgIpc) is 2.58. The maximum Gasteiger partial charge on any atom is 0.244 e. The van der Waals surface area contributed by atoms with Crippen molar-refractivity contribution in [1.29, 1.82) is 0 Å². The van der Waals surface area contributed by atoms with Gasteiger partial charge in [0.05, 0.1) is 18.1 Å². The largest absolute Gasteiger partial charge is 0.494 e. The highest BCUT2D eigenvalue weighted by Gasteiger charge is 2.47. The molecule has 4 heteroatoms. The van der Waals surface area contributed by atoms with Crippen LogP contribution in [-0.2, 0) is 5.79 Å². The van der Waals surface area contributed by atoms with E-state index in [1.165, 1.54) is 0 Å². The van der Waals surface area contributed by atoms with E-state index < -0.39 is 11.7 Å². The van der Waals surface area contributed by atoms with Gasteiger partial charge in [0, 0.05) is 5.56 Å². The van der Waals surface area contributed by atoms with Gasteiger partial charge >= 0.3 is 0 Å². The minimum Gasteiger partial charge on any atom is -0.494 e. The molecule has 4 nitrogen and oxygen atoms in total. The van der Waals surface area contributed by atoms with E-state index in [9.17, 15) is 9.90 Å². The first kappa shape index (κ1) is 15.6. The molecular formula is C19H20O4. The Hall–Kier alpha value is -2.33. The second kappa shape index (κ2) is 6.05. The van der Waals surface area contributed by atoms with Crippen LogP contribution >= 0.6 is 0 Å². The van der Waals surface area contributed by atoms with E-state index in [0.29, 0.717) is 23.5 Å². The summed E-state index contributed by atoms with van der Waals surface area (Å²) >= 11 is 0. The zero-order chi connectivity index (χ0) is 16.4. The molecule has 0 bridgehead atoms. The van der Waals surface area contributed by atoms with Crippen LogP contribution in [0, 0.1) is 5.92 Å². The van der Waals surface area contributed by atoms with Crippen LogP contribution in [0.15, 0.2) is 48.5 Å². The van der Waals surface area contributed by atoms with E-state index in [2.05, 4.69) is 0 Å². The lowest BCUT2D eigenvalue weighted by molar-refractivity contribution is -0.176. The maximum absolute atomic E-state index is 12.5. The third-order valence-corrected chi connectivity index (χ3v) is 4.14. The number of carbonyl (C=O) groups excluding carboxylic acids is 1. The fourth-order valence-corrected chi connectivity index (χ4v) is 2.74. The van der Waals surface area contributed by atoms with Crippen molar-refractivity contribution in [3.8, 4) is 11.5 Å². The van der Waals surface area contributed by atoms with E-state index in [-0.39, 0.29) is 5.78 Å². The first-order valence-electron chi connectivity index (χ1n) is 7.84. The maximum atomic E-state index is 12.5. The van der Waals surface area contributed by atoms with E-state index >= 15 is 0 Å². The molecule has 0 spiro atoms. The zero-order valence-corrected chi connectivity index (χ0v) is 13.3. The lowest BCUT2D eigenvalue weighted by atomic mass is 9.84. The molecule has 2 aromatic rings. The summed E-state index contributed by atoms with van der Waals surface area (Å²) in [6, 6.07) is 14.0. The van der Waals surface area contributed by atoms with Crippen LogP contribution in [0.25, 0.3) is 0 Å². The summed E-state index contributed by atoms with van der Waals surface area (Å²) in [6.07, 6.45) is 0.928. The topological polar surface area (TPSA) is 55.8 Å². The van der Waals surface area contributed by atoms with Crippen LogP contribution in [0.1, 0.15) is 36.2 Å². The summed E-state index contributed by atoms with van der Waals surface area (Å²) < 4.78 is 11.3. The van der Waals surface area contributed by atoms with Gasteiger partial charge in [0.25, 0.3) is 0 Å².